The van der Waals surface area contributed by atoms with Crippen LogP contribution in [0.4, 0.5) is 4.79 Å². The average molecular weight is 358 g/mol. The lowest BCUT2D eigenvalue weighted by atomic mass is 10.1. The maximum atomic E-state index is 11.9. The van der Waals surface area contributed by atoms with Gasteiger partial charge in [0.05, 0.1) is 25.3 Å². The predicted octanol–water partition coefficient (Wildman–Crippen LogP) is 0.884. The summed E-state index contributed by atoms with van der Waals surface area (Å²) in [5.74, 6) is 0.382. The highest BCUT2D eigenvalue weighted by Crippen LogP contribution is 2.31. The third kappa shape index (κ3) is 5.09. The van der Waals surface area contributed by atoms with Crippen LogP contribution in [0, 0.1) is 0 Å². The summed E-state index contributed by atoms with van der Waals surface area (Å²) in [7, 11) is 0. The minimum atomic E-state index is -0.724. The summed E-state index contributed by atoms with van der Waals surface area (Å²) in [6.45, 7) is 5.92. The van der Waals surface area contributed by atoms with Gasteiger partial charge in [-0.05, 0) is 26.0 Å². The number of rotatable bonds is 6. The van der Waals surface area contributed by atoms with E-state index in [1.807, 2.05) is 19.1 Å². The van der Waals surface area contributed by atoms with Crippen LogP contribution in [-0.2, 0) is 27.4 Å². The molecule has 1 aromatic rings. The number of halogens is 1. The van der Waals surface area contributed by atoms with Crippen molar-refractivity contribution in [2.75, 3.05) is 26.5 Å². The Bertz CT molecular complexity index is 608. The van der Waals surface area contributed by atoms with E-state index < -0.39 is 6.09 Å². The van der Waals surface area contributed by atoms with Crippen molar-refractivity contribution in [1.82, 2.24) is 5.32 Å². The largest absolute Gasteiger partial charge is 0.467 e. The van der Waals surface area contributed by atoms with Crippen molar-refractivity contribution in [3.63, 3.8) is 0 Å². The van der Waals surface area contributed by atoms with E-state index >= 15 is 0 Å². The lowest BCUT2D eigenvalue weighted by Gasteiger charge is -2.23. The van der Waals surface area contributed by atoms with E-state index in [2.05, 4.69) is 5.32 Å². The fraction of sp³-hybridized carbons (Fsp3) is 0.500. The Balaban J connectivity index is 2.04. The molecule has 1 unspecified atom stereocenters. The van der Waals surface area contributed by atoms with Gasteiger partial charge in [0.1, 0.15) is 12.3 Å². The van der Waals surface area contributed by atoms with Gasteiger partial charge in [-0.25, -0.2) is 4.79 Å². The van der Waals surface area contributed by atoms with Gasteiger partial charge >= 0.3 is 6.09 Å². The average Bonchev–Trinajstić information content (AvgIpc) is 2.54. The number of hydrogen-bond acceptors (Lipinski definition) is 5. The molecule has 0 radical (unpaired) electrons. The number of benzene rings is 1. The number of ether oxygens (including phenoxy) is 3. The van der Waals surface area contributed by atoms with E-state index in [1.54, 1.807) is 6.92 Å². The first-order valence-electron chi connectivity index (χ1n) is 7.85. The Labute approximate surface area is 145 Å². The van der Waals surface area contributed by atoms with E-state index in [9.17, 15) is 9.59 Å². The standard InChI is InChI=1S/C16H21ClN2O5/c1-3-19(8-14(20)18-16(21)23-4-2)7-11-5-13(17)6-12-9-22-10-24-15(11)12/h5-6H,3-4,7-10H2,1-2H3,(H,18,20,21)/p+1. The molecule has 1 atom stereocenters. The van der Waals surface area contributed by atoms with Gasteiger partial charge in [0.15, 0.2) is 13.3 Å². The molecule has 1 aliphatic rings. The van der Waals surface area contributed by atoms with Crippen molar-refractivity contribution in [3.05, 3.63) is 28.3 Å². The van der Waals surface area contributed by atoms with Crippen molar-refractivity contribution in [2.24, 2.45) is 0 Å². The van der Waals surface area contributed by atoms with Gasteiger partial charge in [-0.2, -0.15) is 0 Å². The van der Waals surface area contributed by atoms with Crippen molar-refractivity contribution in [2.45, 2.75) is 27.0 Å². The molecule has 0 fully saturated rings. The number of hydrogen-bond donors (Lipinski definition) is 2. The maximum absolute atomic E-state index is 11.9. The zero-order valence-electron chi connectivity index (χ0n) is 13.8. The second kappa shape index (κ2) is 8.86. The lowest BCUT2D eigenvalue weighted by molar-refractivity contribution is -0.904. The Morgan fingerprint density at radius 2 is 2.17 bits per heavy atom. The lowest BCUT2D eigenvalue weighted by Crippen LogP contribution is -3.11. The van der Waals surface area contributed by atoms with E-state index in [4.69, 9.17) is 25.8 Å². The van der Waals surface area contributed by atoms with E-state index in [1.165, 1.54) is 0 Å². The summed E-state index contributed by atoms with van der Waals surface area (Å²) in [6, 6.07) is 3.66. The predicted molar refractivity (Wildman–Crippen MR) is 87.0 cm³/mol. The second-order valence-corrected chi connectivity index (χ2v) is 5.83. The number of quaternary nitrogens is 1. The Hall–Kier alpha value is -1.83. The molecule has 7 nitrogen and oxygen atoms in total. The highest BCUT2D eigenvalue weighted by molar-refractivity contribution is 6.30. The maximum Gasteiger partial charge on any atom is 0.414 e. The van der Waals surface area contributed by atoms with Crippen LogP contribution in [0.2, 0.25) is 5.02 Å². The molecule has 0 bridgehead atoms. The second-order valence-electron chi connectivity index (χ2n) is 5.39. The third-order valence-corrected chi connectivity index (χ3v) is 3.84. The molecular weight excluding hydrogens is 336 g/mol. The van der Waals surface area contributed by atoms with Gasteiger partial charge in [0, 0.05) is 10.6 Å². The minimum absolute atomic E-state index is 0.146. The number of alkyl carbamates (subject to hydrolysis) is 1. The molecule has 132 valence electrons. The number of amides is 2. The molecule has 0 aliphatic carbocycles. The summed E-state index contributed by atoms with van der Waals surface area (Å²) in [5, 5.41) is 2.81. The molecule has 2 rings (SSSR count). The molecule has 2 amide bonds. The monoisotopic (exact) mass is 357 g/mol. The highest BCUT2D eigenvalue weighted by Gasteiger charge is 2.21. The number of likely N-dealkylation sites (N-methyl/N-ethyl adjacent to an activating group) is 1. The molecule has 1 heterocycles. The zero-order valence-corrected chi connectivity index (χ0v) is 14.6. The molecule has 0 saturated heterocycles. The number of nitrogens with one attached hydrogen (secondary N) is 2. The molecule has 24 heavy (non-hydrogen) atoms. The Kier molecular flexibility index (Phi) is 6.84. The van der Waals surface area contributed by atoms with Crippen molar-refractivity contribution < 1.29 is 28.7 Å². The van der Waals surface area contributed by atoms with E-state index in [0.29, 0.717) is 24.7 Å². The SMILES string of the molecule is CCOC(=O)NC(=O)C[NH+](CC)Cc1cc(Cl)cc2c1OCOC2. The summed E-state index contributed by atoms with van der Waals surface area (Å²) >= 11 is 6.16. The van der Waals surface area contributed by atoms with Crippen LogP contribution in [0.15, 0.2) is 12.1 Å². The Morgan fingerprint density at radius 3 is 2.88 bits per heavy atom. The number of fused-ring (bicyclic) bond motifs is 1. The van der Waals surface area contributed by atoms with Crippen LogP contribution >= 0.6 is 11.6 Å². The highest BCUT2D eigenvalue weighted by atomic mass is 35.5. The van der Waals surface area contributed by atoms with E-state index in [0.717, 1.165) is 21.8 Å². The first-order valence-corrected chi connectivity index (χ1v) is 8.23. The fourth-order valence-electron chi connectivity index (χ4n) is 2.52. The van der Waals surface area contributed by atoms with Gasteiger partial charge in [-0.15, -0.1) is 0 Å². The van der Waals surface area contributed by atoms with E-state index in [-0.39, 0.29) is 25.9 Å². The van der Waals surface area contributed by atoms with Crippen LogP contribution in [0.25, 0.3) is 0 Å². The smallest absolute Gasteiger partial charge is 0.414 e. The van der Waals surface area contributed by atoms with Gasteiger partial charge in [-0.3, -0.25) is 10.1 Å². The molecule has 0 saturated carbocycles. The minimum Gasteiger partial charge on any atom is -0.467 e. The van der Waals surface area contributed by atoms with Crippen molar-refractivity contribution in [3.8, 4) is 5.75 Å². The molecule has 2 N–H and O–H groups in total. The molecule has 0 spiro atoms. The third-order valence-electron chi connectivity index (χ3n) is 3.62. The van der Waals surface area contributed by atoms with Crippen LogP contribution in [0.3, 0.4) is 0 Å². The molecule has 0 aromatic heterocycles. The van der Waals surface area contributed by atoms with Gasteiger partial charge in [-0.1, -0.05) is 11.6 Å². The van der Waals surface area contributed by atoms with Crippen molar-refractivity contribution in [1.29, 1.82) is 0 Å². The van der Waals surface area contributed by atoms with Crippen LogP contribution in [0.5, 0.6) is 5.75 Å². The normalized spacial score (nSPS) is 14.3. The van der Waals surface area contributed by atoms with Gasteiger partial charge in [0.25, 0.3) is 5.91 Å². The molecule has 1 aromatic carbocycles. The summed E-state index contributed by atoms with van der Waals surface area (Å²) in [4.78, 5) is 24.2. The van der Waals surface area contributed by atoms with Gasteiger partial charge in [0.2, 0.25) is 0 Å². The number of carbonyl (C=O) groups excluding carboxylic acids is 2. The number of carbonyl (C=O) groups is 2. The zero-order chi connectivity index (χ0) is 17.5. The summed E-state index contributed by atoms with van der Waals surface area (Å²) in [6.07, 6.45) is -0.724. The summed E-state index contributed by atoms with van der Waals surface area (Å²) < 4.78 is 15.6. The Morgan fingerprint density at radius 1 is 1.38 bits per heavy atom. The number of imide groups is 1. The van der Waals surface area contributed by atoms with Crippen LogP contribution < -0.4 is 15.0 Å². The molecular formula is C16H22ClN2O5+. The van der Waals surface area contributed by atoms with Crippen LogP contribution in [0.1, 0.15) is 25.0 Å². The van der Waals surface area contributed by atoms with Crippen molar-refractivity contribution >= 4 is 23.6 Å². The molecule has 8 heteroatoms. The van der Waals surface area contributed by atoms with Gasteiger partial charge < -0.3 is 19.1 Å². The fourth-order valence-corrected chi connectivity index (χ4v) is 2.79. The topological polar surface area (TPSA) is 78.3 Å². The van der Waals surface area contributed by atoms with Crippen LogP contribution in [-0.4, -0.2) is 38.5 Å². The quantitative estimate of drug-likeness (QED) is 0.790. The first kappa shape index (κ1) is 18.5. The molecule has 1 aliphatic heterocycles. The summed E-state index contributed by atoms with van der Waals surface area (Å²) in [5.41, 5.74) is 1.82. The first-order chi connectivity index (χ1) is 11.5.